The molecule has 0 aromatic heterocycles. The van der Waals surface area contributed by atoms with Gasteiger partial charge in [-0.05, 0) is 50.2 Å². The van der Waals surface area contributed by atoms with Crippen LogP contribution in [0.4, 0.5) is 4.79 Å². The molecule has 0 aliphatic heterocycles. The summed E-state index contributed by atoms with van der Waals surface area (Å²) in [5.74, 6) is -1.57. The van der Waals surface area contributed by atoms with E-state index < -0.39 is 29.4 Å². The summed E-state index contributed by atoms with van der Waals surface area (Å²) >= 11 is 0. The van der Waals surface area contributed by atoms with E-state index in [-0.39, 0.29) is 25.6 Å². The Hall–Kier alpha value is -3.39. The topological polar surface area (TPSA) is 108 Å². The van der Waals surface area contributed by atoms with Crippen LogP contribution in [0.15, 0.2) is 48.5 Å². The Kier molecular flexibility index (Phi) is 7.38. The van der Waals surface area contributed by atoms with Gasteiger partial charge < -0.3 is 25.4 Å². The highest BCUT2D eigenvalue weighted by Crippen LogP contribution is 2.44. The Bertz CT molecular complexity index is 989. The first-order valence-electron chi connectivity index (χ1n) is 10.9. The second kappa shape index (κ2) is 10.0. The number of alkyl carbamates (subject to hydrolysis) is 1. The molecule has 2 aromatic carbocycles. The number of ether oxygens (including phenoxy) is 1. The zero-order valence-electron chi connectivity index (χ0n) is 19.4. The summed E-state index contributed by atoms with van der Waals surface area (Å²) in [7, 11) is 3.56. The minimum absolute atomic E-state index is 0.0581. The van der Waals surface area contributed by atoms with Crippen LogP contribution in [-0.2, 0) is 14.3 Å². The molecular weight excluding hydrogens is 422 g/mol. The lowest BCUT2D eigenvalue weighted by molar-refractivity contribution is -0.146. The van der Waals surface area contributed by atoms with E-state index in [1.807, 2.05) is 36.4 Å². The fraction of sp³-hybridized carbons (Fsp3) is 0.400. The van der Waals surface area contributed by atoms with Crippen LogP contribution in [0.2, 0.25) is 0 Å². The van der Waals surface area contributed by atoms with Crippen molar-refractivity contribution in [3.8, 4) is 11.1 Å². The van der Waals surface area contributed by atoms with Gasteiger partial charge in [-0.15, -0.1) is 0 Å². The van der Waals surface area contributed by atoms with Gasteiger partial charge in [0, 0.05) is 19.0 Å². The van der Waals surface area contributed by atoms with Crippen LogP contribution in [0.3, 0.4) is 0 Å². The van der Waals surface area contributed by atoms with Crippen molar-refractivity contribution < 1.29 is 24.2 Å². The molecule has 2 aromatic rings. The van der Waals surface area contributed by atoms with Crippen molar-refractivity contribution in [2.45, 2.75) is 25.8 Å². The summed E-state index contributed by atoms with van der Waals surface area (Å²) < 4.78 is 5.54. The number of fused-ring (bicyclic) bond motifs is 3. The zero-order valence-corrected chi connectivity index (χ0v) is 19.4. The van der Waals surface area contributed by atoms with Gasteiger partial charge in [-0.1, -0.05) is 48.5 Å². The summed E-state index contributed by atoms with van der Waals surface area (Å²) in [6.45, 7) is 3.37. The predicted molar refractivity (Wildman–Crippen MR) is 125 cm³/mol. The SMILES string of the molecule is CN(C)C[C@H](NC(=O)OCC1c2ccccc2-c2ccccc21)C(=O)NCC(C)(C)C(=O)O. The third-order valence-electron chi connectivity index (χ3n) is 5.78. The van der Waals surface area contributed by atoms with Crippen molar-refractivity contribution in [2.24, 2.45) is 5.41 Å². The number of hydrogen-bond donors (Lipinski definition) is 3. The Morgan fingerprint density at radius 2 is 1.58 bits per heavy atom. The molecule has 33 heavy (non-hydrogen) atoms. The number of nitrogens with one attached hydrogen (secondary N) is 2. The second-order valence-corrected chi connectivity index (χ2v) is 9.19. The highest BCUT2D eigenvalue weighted by Gasteiger charge is 2.31. The first-order valence-corrected chi connectivity index (χ1v) is 10.9. The number of carboxylic acid groups (broad SMARTS) is 1. The molecule has 0 bridgehead atoms. The lowest BCUT2D eigenvalue weighted by atomic mass is 9.94. The van der Waals surface area contributed by atoms with Crippen molar-refractivity contribution in [1.82, 2.24) is 15.5 Å². The summed E-state index contributed by atoms with van der Waals surface area (Å²) in [6, 6.07) is 15.2. The van der Waals surface area contributed by atoms with Crippen LogP contribution in [0, 0.1) is 5.41 Å². The van der Waals surface area contributed by atoms with Gasteiger partial charge >= 0.3 is 12.1 Å². The van der Waals surface area contributed by atoms with Gasteiger partial charge in [0.15, 0.2) is 0 Å². The number of hydrogen-bond acceptors (Lipinski definition) is 5. The van der Waals surface area contributed by atoms with Crippen LogP contribution < -0.4 is 10.6 Å². The molecule has 8 nitrogen and oxygen atoms in total. The summed E-state index contributed by atoms with van der Waals surface area (Å²) in [5.41, 5.74) is 3.35. The maximum atomic E-state index is 12.7. The number of benzene rings is 2. The Balaban J connectivity index is 1.64. The molecular formula is C25H31N3O5. The van der Waals surface area contributed by atoms with Crippen LogP contribution in [0.25, 0.3) is 11.1 Å². The van der Waals surface area contributed by atoms with Gasteiger partial charge in [0.1, 0.15) is 12.6 Å². The van der Waals surface area contributed by atoms with Gasteiger partial charge in [0.25, 0.3) is 0 Å². The molecule has 8 heteroatoms. The van der Waals surface area contributed by atoms with Crippen LogP contribution in [-0.4, -0.2) is 67.8 Å². The Labute approximate surface area is 193 Å². The molecule has 0 heterocycles. The Morgan fingerprint density at radius 1 is 1.03 bits per heavy atom. The molecule has 0 unspecified atom stereocenters. The second-order valence-electron chi connectivity index (χ2n) is 9.19. The van der Waals surface area contributed by atoms with Crippen LogP contribution in [0.1, 0.15) is 30.9 Å². The van der Waals surface area contributed by atoms with Crippen LogP contribution >= 0.6 is 0 Å². The molecule has 1 aliphatic carbocycles. The predicted octanol–water partition coefficient (Wildman–Crippen LogP) is 2.68. The molecule has 1 atom stereocenters. The van der Waals surface area contributed by atoms with Crippen molar-refractivity contribution in [2.75, 3.05) is 33.8 Å². The maximum Gasteiger partial charge on any atom is 0.407 e. The number of carboxylic acids is 1. The van der Waals surface area contributed by atoms with Gasteiger partial charge in [-0.2, -0.15) is 0 Å². The normalized spacial score (nSPS) is 13.7. The van der Waals surface area contributed by atoms with Gasteiger partial charge in [-0.3, -0.25) is 9.59 Å². The molecule has 0 saturated carbocycles. The fourth-order valence-electron chi connectivity index (χ4n) is 3.85. The van der Waals surface area contributed by atoms with E-state index in [1.54, 1.807) is 19.0 Å². The van der Waals surface area contributed by atoms with Crippen molar-refractivity contribution in [1.29, 1.82) is 0 Å². The number of amides is 2. The molecule has 2 amide bonds. The molecule has 3 N–H and O–H groups in total. The minimum Gasteiger partial charge on any atom is -0.481 e. The zero-order chi connectivity index (χ0) is 24.2. The standard InChI is InChI=1S/C25H31N3O5/c1-25(2,23(30)31)15-26-22(29)21(13-28(3)4)27-24(32)33-14-20-18-11-7-5-9-16(18)17-10-6-8-12-19(17)20/h5-12,20-21H,13-15H2,1-4H3,(H,26,29)(H,27,32)(H,30,31)/t21-/m0/s1. The summed E-state index contributed by atoms with van der Waals surface area (Å²) in [4.78, 5) is 38.3. The maximum absolute atomic E-state index is 12.7. The van der Waals surface area contributed by atoms with E-state index in [1.165, 1.54) is 13.8 Å². The quantitative estimate of drug-likeness (QED) is 0.539. The number of nitrogens with zero attached hydrogens (tertiary/aromatic N) is 1. The Morgan fingerprint density at radius 3 is 2.09 bits per heavy atom. The largest absolute Gasteiger partial charge is 0.481 e. The van der Waals surface area contributed by atoms with E-state index >= 15 is 0 Å². The van der Waals surface area contributed by atoms with Crippen molar-refractivity contribution >= 4 is 18.0 Å². The first-order chi connectivity index (χ1) is 15.6. The average Bonchev–Trinajstić information content (AvgIpc) is 3.09. The number of rotatable bonds is 9. The molecule has 0 radical (unpaired) electrons. The van der Waals surface area contributed by atoms with Gasteiger partial charge in [-0.25, -0.2) is 4.79 Å². The average molecular weight is 454 g/mol. The fourth-order valence-corrected chi connectivity index (χ4v) is 3.85. The van der Waals surface area contributed by atoms with Crippen LogP contribution in [0.5, 0.6) is 0 Å². The van der Waals surface area contributed by atoms with E-state index in [0.717, 1.165) is 22.3 Å². The van der Waals surface area contributed by atoms with E-state index in [2.05, 4.69) is 22.8 Å². The van der Waals surface area contributed by atoms with E-state index in [0.29, 0.717) is 0 Å². The highest BCUT2D eigenvalue weighted by molar-refractivity contribution is 5.86. The smallest absolute Gasteiger partial charge is 0.407 e. The molecule has 0 saturated heterocycles. The lowest BCUT2D eigenvalue weighted by Crippen LogP contribution is -2.53. The monoisotopic (exact) mass is 453 g/mol. The molecule has 0 fully saturated rings. The molecule has 0 spiro atoms. The number of aliphatic carboxylic acids is 1. The third kappa shape index (κ3) is 5.70. The molecule has 1 aliphatic rings. The number of carbonyl (C=O) groups is 3. The van der Waals surface area contributed by atoms with E-state index in [4.69, 9.17) is 4.74 Å². The van der Waals surface area contributed by atoms with Gasteiger partial charge in [0.05, 0.1) is 5.41 Å². The van der Waals surface area contributed by atoms with E-state index in [9.17, 15) is 19.5 Å². The summed E-state index contributed by atoms with van der Waals surface area (Å²) in [6.07, 6.45) is -0.698. The lowest BCUT2D eigenvalue weighted by Gasteiger charge is -2.25. The van der Waals surface area contributed by atoms with Crippen molar-refractivity contribution in [3.63, 3.8) is 0 Å². The third-order valence-corrected chi connectivity index (χ3v) is 5.78. The number of likely N-dealkylation sites (N-methyl/N-ethyl adjacent to an activating group) is 1. The summed E-state index contributed by atoms with van der Waals surface area (Å²) in [5, 5.41) is 14.5. The van der Waals surface area contributed by atoms with Crippen molar-refractivity contribution in [3.05, 3.63) is 59.7 Å². The number of carbonyl (C=O) groups excluding carboxylic acids is 2. The molecule has 3 rings (SSSR count). The first kappa shape index (κ1) is 24.3. The van der Waals surface area contributed by atoms with Gasteiger partial charge in [0.2, 0.25) is 5.91 Å². The highest BCUT2D eigenvalue weighted by atomic mass is 16.5. The molecule has 176 valence electrons. The minimum atomic E-state index is -1.12.